The van der Waals surface area contributed by atoms with Gasteiger partial charge in [0.05, 0.1) is 16.9 Å². The molecule has 0 N–H and O–H groups in total. The summed E-state index contributed by atoms with van der Waals surface area (Å²) in [5.41, 5.74) is 11.1. The summed E-state index contributed by atoms with van der Waals surface area (Å²) in [4.78, 5) is 2.42. The predicted molar refractivity (Wildman–Crippen MR) is 187 cm³/mol. The van der Waals surface area contributed by atoms with Crippen LogP contribution in [0.4, 0.5) is 17.2 Å². The Morgan fingerprint density at radius 1 is 0.444 bits per heavy atom. The van der Waals surface area contributed by atoms with E-state index >= 15 is 0 Å². The van der Waals surface area contributed by atoms with Crippen LogP contribution in [0.3, 0.4) is 0 Å². The van der Waals surface area contributed by atoms with Crippen molar-refractivity contribution < 1.29 is 4.42 Å². The molecule has 9 aromatic rings. The van der Waals surface area contributed by atoms with Gasteiger partial charge in [0.15, 0.2) is 0 Å². The Labute approximate surface area is 259 Å². The van der Waals surface area contributed by atoms with Crippen LogP contribution in [0.15, 0.2) is 162 Å². The van der Waals surface area contributed by atoms with Gasteiger partial charge in [-0.15, -0.1) is 0 Å². The first-order chi connectivity index (χ1) is 22.3. The van der Waals surface area contributed by atoms with E-state index in [2.05, 4.69) is 155 Å². The minimum Gasteiger partial charge on any atom is -0.455 e. The number of nitrogens with zero attached hydrogens (tertiary/aromatic N) is 2. The van der Waals surface area contributed by atoms with E-state index in [4.69, 9.17) is 4.42 Å². The van der Waals surface area contributed by atoms with Crippen molar-refractivity contribution in [2.24, 2.45) is 0 Å². The molecule has 0 saturated carbocycles. The van der Waals surface area contributed by atoms with E-state index in [-0.39, 0.29) is 0 Å². The van der Waals surface area contributed by atoms with Crippen molar-refractivity contribution >= 4 is 60.8 Å². The van der Waals surface area contributed by atoms with Crippen molar-refractivity contribution in [3.8, 4) is 27.9 Å². The van der Waals surface area contributed by atoms with Crippen LogP contribution in [0, 0.1) is 0 Å². The van der Waals surface area contributed by atoms with Gasteiger partial charge < -0.3 is 4.42 Å². The summed E-state index contributed by atoms with van der Waals surface area (Å²) in [6.07, 6.45) is 0. The molecule has 3 heterocycles. The fourth-order valence-corrected chi connectivity index (χ4v) is 7.27. The van der Waals surface area contributed by atoms with Gasteiger partial charge in [0.2, 0.25) is 0 Å². The second-order valence-corrected chi connectivity index (χ2v) is 11.8. The lowest BCUT2D eigenvalue weighted by molar-refractivity contribution is 0.670. The van der Waals surface area contributed by atoms with E-state index in [0.29, 0.717) is 0 Å². The van der Waals surface area contributed by atoms with E-state index < -0.39 is 0 Å². The molecule has 0 radical (unpaired) electrons. The second kappa shape index (κ2) is 9.22. The van der Waals surface area contributed by atoms with Crippen molar-refractivity contribution in [3.63, 3.8) is 0 Å². The lowest BCUT2D eigenvalue weighted by Gasteiger charge is -2.26. The van der Waals surface area contributed by atoms with Crippen LogP contribution in [-0.4, -0.2) is 4.57 Å². The van der Waals surface area contributed by atoms with Gasteiger partial charge in [-0.1, -0.05) is 109 Å². The summed E-state index contributed by atoms with van der Waals surface area (Å²) in [5.74, 6) is 1.11. The molecule has 0 bridgehead atoms. The number of benzene rings is 7. The van der Waals surface area contributed by atoms with Crippen LogP contribution in [0.25, 0.3) is 71.6 Å². The Morgan fingerprint density at radius 2 is 1.11 bits per heavy atom. The Morgan fingerprint density at radius 3 is 2.00 bits per heavy atom. The van der Waals surface area contributed by atoms with E-state index in [1.165, 1.54) is 38.5 Å². The van der Waals surface area contributed by atoms with E-state index in [1.807, 2.05) is 12.1 Å². The molecular weight excluding hydrogens is 548 g/mol. The van der Waals surface area contributed by atoms with E-state index in [9.17, 15) is 0 Å². The van der Waals surface area contributed by atoms with Crippen molar-refractivity contribution in [2.45, 2.75) is 0 Å². The van der Waals surface area contributed by atoms with Gasteiger partial charge in [-0.3, -0.25) is 9.47 Å². The van der Waals surface area contributed by atoms with Gasteiger partial charge in [0, 0.05) is 38.5 Å². The highest BCUT2D eigenvalue weighted by molar-refractivity contribution is 6.10. The van der Waals surface area contributed by atoms with Crippen LogP contribution in [0.5, 0.6) is 0 Å². The summed E-state index contributed by atoms with van der Waals surface area (Å²) in [6.45, 7) is 0. The third-order valence-corrected chi connectivity index (χ3v) is 9.28. The molecule has 1 aliphatic heterocycles. The molecule has 1 aliphatic rings. The van der Waals surface area contributed by atoms with Gasteiger partial charge >= 0.3 is 0 Å². The summed E-state index contributed by atoms with van der Waals surface area (Å²) < 4.78 is 8.89. The van der Waals surface area contributed by atoms with Crippen LogP contribution in [-0.2, 0) is 0 Å². The fraction of sp³-hybridized carbons (Fsp3) is 0. The second-order valence-electron chi connectivity index (χ2n) is 11.8. The average Bonchev–Trinajstić information content (AvgIpc) is 3.62. The van der Waals surface area contributed by atoms with Gasteiger partial charge in [-0.25, -0.2) is 0 Å². The third-order valence-electron chi connectivity index (χ3n) is 9.28. The zero-order chi connectivity index (χ0) is 29.5. The summed E-state index contributed by atoms with van der Waals surface area (Å²) in [7, 11) is 0. The van der Waals surface area contributed by atoms with Crippen molar-refractivity contribution in [2.75, 3.05) is 4.90 Å². The summed E-state index contributed by atoms with van der Waals surface area (Å²) in [6, 6.07) is 56.7. The first kappa shape index (κ1) is 24.4. The number of hydrogen-bond donors (Lipinski definition) is 0. The molecule has 7 aromatic carbocycles. The molecule has 0 fully saturated rings. The number of rotatable bonds is 2. The van der Waals surface area contributed by atoms with Crippen LogP contribution < -0.4 is 4.90 Å². The molecule has 0 saturated heterocycles. The number of hydrogen-bond acceptors (Lipinski definition) is 2. The highest BCUT2D eigenvalue weighted by Gasteiger charge is 2.28. The molecule has 0 spiro atoms. The monoisotopic (exact) mass is 574 g/mol. The van der Waals surface area contributed by atoms with Crippen LogP contribution in [0.2, 0.25) is 0 Å². The molecule has 2 aromatic heterocycles. The molecule has 0 unspecified atom stereocenters. The topological polar surface area (TPSA) is 21.3 Å². The summed E-state index contributed by atoms with van der Waals surface area (Å²) >= 11 is 0. The first-order valence-corrected chi connectivity index (χ1v) is 15.4. The third kappa shape index (κ3) is 3.52. The number of furan rings is 1. The maximum atomic E-state index is 6.46. The zero-order valence-corrected chi connectivity index (χ0v) is 24.3. The smallest absolute Gasteiger partial charge is 0.143 e. The Balaban J connectivity index is 1.26. The minimum absolute atomic E-state index is 0.909. The maximum absolute atomic E-state index is 6.46. The standard InChI is InChI=1S/C42H26N2O/c1-2-12-28-25-39-30(23-27(28)11-1)26-41-43(37-20-6-3-15-33(37)34-16-4-7-21-38(34)44(39)41)31-14-9-13-29(24-31)32-18-10-19-36-35-17-5-8-22-40(35)45-42(32)36/h1-26H. The van der Waals surface area contributed by atoms with Gasteiger partial charge in [0.25, 0.3) is 0 Å². The lowest BCUT2D eigenvalue weighted by Crippen LogP contribution is -2.12. The fourth-order valence-electron chi connectivity index (χ4n) is 7.27. The van der Waals surface area contributed by atoms with Gasteiger partial charge in [-0.2, -0.15) is 0 Å². The highest BCUT2D eigenvalue weighted by Crippen LogP contribution is 2.49. The molecule has 45 heavy (non-hydrogen) atoms. The summed E-state index contributed by atoms with van der Waals surface area (Å²) in [5, 5.41) is 5.97. The number of para-hydroxylation sites is 4. The molecule has 3 heteroatoms. The largest absolute Gasteiger partial charge is 0.455 e. The number of fused-ring (bicyclic) bond motifs is 11. The van der Waals surface area contributed by atoms with E-state index in [0.717, 1.165) is 50.3 Å². The van der Waals surface area contributed by atoms with Gasteiger partial charge in [0.1, 0.15) is 17.0 Å². The highest BCUT2D eigenvalue weighted by atomic mass is 16.3. The quantitative estimate of drug-likeness (QED) is 0.205. The minimum atomic E-state index is 0.909. The van der Waals surface area contributed by atoms with E-state index in [1.54, 1.807) is 0 Å². The average molecular weight is 575 g/mol. The SMILES string of the molecule is c1cc(-c2cccc3c2oc2ccccc23)cc(N2c3ccccc3-c3ccccc3-n3c2cc2cc4ccccc4cc23)c1. The first-order valence-electron chi connectivity index (χ1n) is 15.4. The van der Waals surface area contributed by atoms with Crippen molar-refractivity contribution in [3.05, 3.63) is 158 Å². The van der Waals surface area contributed by atoms with Crippen molar-refractivity contribution in [1.29, 1.82) is 0 Å². The maximum Gasteiger partial charge on any atom is 0.143 e. The Hall–Kier alpha value is -6.06. The zero-order valence-electron chi connectivity index (χ0n) is 24.3. The van der Waals surface area contributed by atoms with Gasteiger partial charge in [-0.05, 0) is 64.9 Å². The molecule has 0 aliphatic carbocycles. The molecule has 10 rings (SSSR count). The Kier molecular flexibility index (Phi) is 5.00. The molecule has 3 nitrogen and oxygen atoms in total. The number of aromatic nitrogens is 1. The molecular formula is C42H26N2O. The van der Waals surface area contributed by atoms with Crippen LogP contribution in [0.1, 0.15) is 0 Å². The molecule has 0 atom stereocenters. The van der Waals surface area contributed by atoms with Crippen LogP contribution >= 0.6 is 0 Å². The molecule has 210 valence electrons. The number of anilines is 3. The normalized spacial score (nSPS) is 12.4. The molecule has 0 amide bonds. The predicted octanol–water partition coefficient (Wildman–Crippen LogP) is 11.8. The van der Waals surface area contributed by atoms with Crippen molar-refractivity contribution in [1.82, 2.24) is 4.57 Å². The Bertz CT molecular complexity index is 2620. The lowest BCUT2D eigenvalue weighted by atomic mass is 9.99.